The van der Waals surface area contributed by atoms with E-state index in [1.54, 1.807) is 0 Å². The number of allylic oxidation sites excluding steroid dienone is 1. The average molecular weight is 283 g/mol. The maximum atomic E-state index is 5.91. The molecule has 0 aromatic rings. The van der Waals surface area contributed by atoms with E-state index in [0.29, 0.717) is 12.0 Å². The molecule has 20 heavy (non-hydrogen) atoms. The Kier molecular flexibility index (Phi) is 11.2. The first-order valence-electron chi connectivity index (χ1n) is 8.69. The minimum Gasteiger partial charge on any atom is -0.380 e. The van der Waals surface area contributed by atoms with Gasteiger partial charge in [-0.25, -0.2) is 0 Å². The van der Waals surface area contributed by atoms with Crippen LogP contribution in [-0.4, -0.2) is 13.2 Å². The van der Waals surface area contributed by atoms with Crippen LogP contribution in [0.5, 0.6) is 0 Å². The molecule has 0 aliphatic rings. The fourth-order valence-electron chi connectivity index (χ4n) is 3.44. The zero-order valence-electron chi connectivity index (χ0n) is 14.9. The molecule has 0 aromatic carbocycles. The van der Waals surface area contributed by atoms with Crippen molar-refractivity contribution in [1.29, 1.82) is 0 Å². The first kappa shape index (κ1) is 19.7. The largest absolute Gasteiger partial charge is 0.380 e. The second kappa shape index (κ2) is 11.4. The molecule has 1 nitrogen and oxygen atoms in total. The molecule has 0 amide bonds. The van der Waals surface area contributed by atoms with E-state index in [9.17, 15) is 0 Å². The molecule has 0 bridgehead atoms. The van der Waals surface area contributed by atoms with Crippen molar-refractivity contribution in [2.75, 3.05) is 7.11 Å². The number of hydrogen-bond acceptors (Lipinski definition) is 1. The summed E-state index contributed by atoms with van der Waals surface area (Å²) in [5.74, 6) is 0.563. The predicted octanol–water partition coefficient (Wildman–Crippen LogP) is 6.38. The lowest BCUT2D eigenvalue weighted by atomic mass is 9.74. The van der Waals surface area contributed by atoms with Crippen LogP contribution in [-0.2, 0) is 4.74 Å². The van der Waals surface area contributed by atoms with Gasteiger partial charge in [0.2, 0.25) is 0 Å². The molecule has 1 heteroatoms. The highest BCUT2D eigenvalue weighted by Gasteiger charge is 2.33. The summed E-state index contributed by atoms with van der Waals surface area (Å²) in [5, 5.41) is 0. The molecule has 0 fully saturated rings. The number of ether oxygens (including phenoxy) is 1. The average Bonchev–Trinajstić information content (AvgIpc) is 2.38. The number of rotatable bonds is 12. The van der Waals surface area contributed by atoms with Gasteiger partial charge in [0.1, 0.15) is 0 Å². The summed E-state index contributed by atoms with van der Waals surface area (Å²) in [4.78, 5) is 0. The Morgan fingerprint density at radius 2 is 1.65 bits per heavy atom. The minimum atomic E-state index is 0.261. The molecule has 120 valence electrons. The van der Waals surface area contributed by atoms with Crippen LogP contribution in [0.1, 0.15) is 86.0 Å². The van der Waals surface area contributed by atoms with Crippen molar-refractivity contribution in [2.24, 2.45) is 11.3 Å². The molecular weight excluding hydrogens is 244 g/mol. The highest BCUT2D eigenvalue weighted by Crippen LogP contribution is 2.36. The molecule has 2 atom stereocenters. The molecular formula is C19H38O. The summed E-state index contributed by atoms with van der Waals surface area (Å²) >= 11 is 0. The molecule has 0 saturated carbocycles. The third-order valence-corrected chi connectivity index (χ3v) is 4.39. The van der Waals surface area contributed by atoms with E-state index in [4.69, 9.17) is 4.74 Å². The molecule has 2 unspecified atom stereocenters. The number of methoxy groups -OCH3 is 1. The summed E-state index contributed by atoms with van der Waals surface area (Å²) in [6, 6.07) is 0. The second-order valence-corrected chi connectivity index (χ2v) is 6.79. The quantitative estimate of drug-likeness (QED) is 0.298. The summed E-state index contributed by atoms with van der Waals surface area (Å²) in [6.07, 6.45) is 15.4. The molecule has 0 rings (SSSR count). The van der Waals surface area contributed by atoms with Gasteiger partial charge in [0.15, 0.2) is 0 Å². The van der Waals surface area contributed by atoms with E-state index < -0.39 is 0 Å². The van der Waals surface area contributed by atoms with Gasteiger partial charge in [-0.3, -0.25) is 0 Å². The van der Waals surface area contributed by atoms with Crippen LogP contribution in [0.25, 0.3) is 0 Å². The molecule has 0 heterocycles. The van der Waals surface area contributed by atoms with Gasteiger partial charge in [-0.1, -0.05) is 78.4 Å². The maximum Gasteiger partial charge on any atom is 0.0684 e. The van der Waals surface area contributed by atoms with Gasteiger partial charge >= 0.3 is 0 Å². The number of hydrogen-bond donors (Lipinski definition) is 0. The Morgan fingerprint density at radius 3 is 2.15 bits per heavy atom. The lowest BCUT2D eigenvalue weighted by molar-refractivity contribution is -0.0288. The molecule has 0 spiro atoms. The van der Waals surface area contributed by atoms with Crippen LogP contribution >= 0.6 is 0 Å². The fraction of sp³-hybridized carbons (Fsp3) is 0.895. The van der Waals surface area contributed by atoms with Gasteiger partial charge in [0.05, 0.1) is 6.10 Å². The van der Waals surface area contributed by atoms with Crippen molar-refractivity contribution in [3.05, 3.63) is 12.2 Å². The van der Waals surface area contributed by atoms with Gasteiger partial charge in [-0.2, -0.15) is 0 Å². The van der Waals surface area contributed by atoms with Crippen LogP contribution in [0.4, 0.5) is 0 Å². The standard InChI is InChI=1S/C19H38O/c1-7-10-11-12-13-15-17(14-8-2)18(20-6)19(4,5)16-9-3/h8,14,17-18H,7,9-13,15-16H2,1-6H3. The fourth-order valence-corrected chi connectivity index (χ4v) is 3.44. The Bertz CT molecular complexity index is 242. The number of unbranched alkanes of at least 4 members (excludes halogenated alkanes) is 4. The molecule has 0 aliphatic heterocycles. The van der Waals surface area contributed by atoms with Gasteiger partial charge in [0, 0.05) is 13.0 Å². The first-order chi connectivity index (χ1) is 9.53. The van der Waals surface area contributed by atoms with Gasteiger partial charge in [-0.05, 0) is 25.2 Å². The Labute approximate surface area is 128 Å². The highest BCUT2D eigenvalue weighted by atomic mass is 16.5. The monoisotopic (exact) mass is 282 g/mol. The summed E-state index contributed by atoms with van der Waals surface area (Å²) < 4.78 is 5.91. The molecule has 0 N–H and O–H groups in total. The van der Waals surface area contributed by atoms with Gasteiger partial charge in [-0.15, -0.1) is 0 Å². The third-order valence-electron chi connectivity index (χ3n) is 4.39. The zero-order valence-corrected chi connectivity index (χ0v) is 14.9. The SMILES string of the molecule is CC=CC(CCCCCCC)C(OC)C(C)(C)CCC. The van der Waals surface area contributed by atoms with E-state index in [2.05, 4.69) is 46.8 Å². The van der Waals surface area contributed by atoms with Crippen LogP contribution in [0, 0.1) is 11.3 Å². The summed E-state index contributed by atoms with van der Waals surface area (Å²) in [5.41, 5.74) is 0.261. The Morgan fingerprint density at radius 1 is 1.00 bits per heavy atom. The highest BCUT2D eigenvalue weighted by molar-refractivity contribution is 4.95. The first-order valence-corrected chi connectivity index (χ1v) is 8.69. The van der Waals surface area contributed by atoms with Crippen molar-refractivity contribution >= 4 is 0 Å². The van der Waals surface area contributed by atoms with Crippen LogP contribution in [0.15, 0.2) is 12.2 Å². The van der Waals surface area contributed by atoms with E-state index in [1.807, 2.05) is 7.11 Å². The van der Waals surface area contributed by atoms with Gasteiger partial charge < -0.3 is 4.74 Å². The van der Waals surface area contributed by atoms with Crippen molar-refractivity contribution in [2.45, 2.75) is 92.1 Å². The van der Waals surface area contributed by atoms with Crippen molar-refractivity contribution in [3.8, 4) is 0 Å². The van der Waals surface area contributed by atoms with E-state index >= 15 is 0 Å². The molecule has 0 aliphatic carbocycles. The third kappa shape index (κ3) is 7.47. The second-order valence-electron chi connectivity index (χ2n) is 6.79. The minimum absolute atomic E-state index is 0.261. The molecule has 0 radical (unpaired) electrons. The normalized spacial score (nSPS) is 15.7. The Balaban J connectivity index is 4.52. The van der Waals surface area contributed by atoms with Crippen LogP contribution in [0.3, 0.4) is 0 Å². The van der Waals surface area contributed by atoms with Crippen LogP contribution in [0.2, 0.25) is 0 Å². The summed E-state index contributed by atoms with van der Waals surface area (Å²) in [7, 11) is 1.88. The molecule has 0 aromatic heterocycles. The smallest absolute Gasteiger partial charge is 0.0684 e. The summed E-state index contributed by atoms with van der Waals surface area (Å²) in [6.45, 7) is 11.4. The Hall–Kier alpha value is -0.300. The van der Waals surface area contributed by atoms with Crippen LogP contribution < -0.4 is 0 Å². The van der Waals surface area contributed by atoms with E-state index in [-0.39, 0.29) is 5.41 Å². The topological polar surface area (TPSA) is 9.23 Å². The lowest BCUT2D eigenvalue weighted by Crippen LogP contribution is -2.37. The van der Waals surface area contributed by atoms with Gasteiger partial charge in [0.25, 0.3) is 0 Å². The van der Waals surface area contributed by atoms with E-state index in [0.717, 1.165) is 0 Å². The molecule has 0 saturated heterocycles. The van der Waals surface area contributed by atoms with Crippen molar-refractivity contribution in [1.82, 2.24) is 0 Å². The lowest BCUT2D eigenvalue weighted by Gasteiger charge is -2.37. The zero-order chi connectivity index (χ0) is 15.4. The van der Waals surface area contributed by atoms with Crippen molar-refractivity contribution < 1.29 is 4.74 Å². The van der Waals surface area contributed by atoms with Crippen molar-refractivity contribution in [3.63, 3.8) is 0 Å². The maximum absolute atomic E-state index is 5.91. The predicted molar refractivity (Wildman–Crippen MR) is 91.2 cm³/mol. The van der Waals surface area contributed by atoms with E-state index in [1.165, 1.54) is 51.4 Å².